The van der Waals surface area contributed by atoms with Crippen molar-refractivity contribution in [2.24, 2.45) is 0 Å². The summed E-state index contributed by atoms with van der Waals surface area (Å²) in [6, 6.07) is 16.6. The third kappa shape index (κ3) is 3.03. The number of H-pyrrole nitrogens is 1. The van der Waals surface area contributed by atoms with Crippen LogP contribution in [0.25, 0.3) is 0 Å². The molecule has 128 valence electrons. The van der Waals surface area contributed by atoms with Crippen molar-refractivity contribution in [1.29, 1.82) is 0 Å². The van der Waals surface area contributed by atoms with Crippen molar-refractivity contribution in [3.8, 4) is 0 Å². The Kier molecular flexibility index (Phi) is 4.45. The van der Waals surface area contributed by atoms with Gasteiger partial charge in [0.15, 0.2) is 0 Å². The summed E-state index contributed by atoms with van der Waals surface area (Å²) in [5.74, 6) is 0. The van der Waals surface area contributed by atoms with Crippen molar-refractivity contribution in [2.45, 2.75) is 18.3 Å². The van der Waals surface area contributed by atoms with E-state index in [9.17, 15) is 0 Å². The minimum absolute atomic E-state index is 0.0908. The van der Waals surface area contributed by atoms with Gasteiger partial charge in [0.05, 0.1) is 16.2 Å². The normalized spacial score (nSPS) is 16.8. The lowest BCUT2D eigenvalue weighted by Gasteiger charge is -2.43. The van der Waals surface area contributed by atoms with Crippen LogP contribution in [0.4, 0.5) is 5.69 Å². The van der Waals surface area contributed by atoms with E-state index in [0.29, 0.717) is 10.0 Å². The molecule has 1 aromatic heterocycles. The molecule has 2 heterocycles. The summed E-state index contributed by atoms with van der Waals surface area (Å²) in [5.41, 5.74) is 3.60. The van der Waals surface area contributed by atoms with Crippen molar-refractivity contribution < 1.29 is 0 Å². The number of hydrogen-bond acceptors (Lipinski definition) is 2. The second-order valence-electron chi connectivity index (χ2n) is 6.52. The molecule has 3 aromatic rings. The molecule has 3 nitrogen and oxygen atoms in total. The van der Waals surface area contributed by atoms with Gasteiger partial charge < -0.3 is 4.90 Å². The van der Waals surface area contributed by atoms with E-state index in [1.54, 1.807) is 0 Å². The zero-order chi connectivity index (χ0) is 17.3. The first-order valence-corrected chi connectivity index (χ1v) is 9.19. The number of nitrogens with zero attached hydrogens (tertiary/aromatic N) is 2. The number of piperidine rings is 1. The molecule has 0 amide bonds. The number of rotatable bonds is 3. The van der Waals surface area contributed by atoms with Crippen molar-refractivity contribution in [2.75, 3.05) is 18.0 Å². The minimum Gasteiger partial charge on any atom is -0.371 e. The van der Waals surface area contributed by atoms with E-state index >= 15 is 0 Å². The maximum atomic E-state index is 6.32. The molecule has 1 N–H and O–H groups in total. The molecule has 1 aliphatic heterocycles. The topological polar surface area (TPSA) is 31.9 Å². The van der Waals surface area contributed by atoms with Gasteiger partial charge in [-0.2, -0.15) is 5.10 Å². The molecule has 1 fully saturated rings. The third-order valence-corrected chi connectivity index (χ3v) is 6.00. The van der Waals surface area contributed by atoms with Crippen LogP contribution in [0.1, 0.15) is 24.0 Å². The van der Waals surface area contributed by atoms with Crippen molar-refractivity contribution in [3.05, 3.63) is 82.1 Å². The molecule has 4 rings (SSSR count). The lowest BCUT2D eigenvalue weighted by atomic mass is 9.69. The standard InChI is InChI=1S/C20H19Cl2N3/c21-18-7-6-15(12-19(18)22)20(16-13-23-24-14-16)8-10-25(11-9-20)17-4-2-1-3-5-17/h1-7,12-14H,8-11H2,(H,23,24). The lowest BCUT2D eigenvalue weighted by Crippen LogP contribution is -2.43. The fourth-order valence-electron chi connectivity index (χ4n) is 3.84. The van der Waals surface area contributed by atoms with E-state index in [-0.39, 0.29) is 5.41 Å². The van der Waals surface area contributed by atoms with Gasteiger partial charge in [0.25, 0.3) is 0 Å². The van der Waals surface area contributed by atoms with E-state index in [1.165, 1.54) is 16.8 Å². The van der Waals surface area contributed by atoms with Crippen molar-refractivity contribution in [1.82, 2.24) is 10.2 Å². The molecule has 0 spiro atoms. The molecular weight excluding hydrogens is 353 g/mol. The molecule has 1 saturated heterocycles. The highest BCUT2D eigenvalue weighted by atomic mass is 35.5. The van der Waals surface area contributed by atoms with Crippen molar-refractivity contribution >= 4 is 28.9 Å². The monoisotopic (exact) mass is 371 g/mol. The fourth-order valence-corrected chi connectivity index (χ4v) is 4.13. The number of benzene rings is 2. The molecule has 0 radical (unpaired) electrons. The van der Waals surface area contributed by atoms with Gasteiger partial charge in [0.1, 0.15) is 0 Å². The van der Waals surface area contributed by atoms with Gasteiger partial charge in [0.2, 0.25) is 0 Å². The van der Waals surface area contributed by atoms with Gasteiger partial charge in [-0.3, -0.25) is 5.10 Å². The van der Waals surface area contributed by atoms with Crippen LogP contribution in [-0.2, 0) is 5.41 Å². The Morgan fingerprint density at radius 3 is 2.32 bits per heavy atom. The minimum atomic E-state index is -0.0908. The van der Waals surface area contributed by atoms with Crippen LogP contribution in [0.5, 0.6) is 0 Å². The van der Waals surface area contributed by atoms with Crippen LogP contribution in [0.3, 0.4) is 0 Å². The Hall–Kier alpha value is -1.97. The van der Waals surface area contributed by atoms with Gasteiger partial charge in [-0.1, -0.05) is 47.5 Å². The largest absolute Gasteiger partial charge is 0.371 e. The van der Waals surface area contributed by atoms with Crippen LogP contribution >= 0.6 is 23.2 Å². The Balaban J connectivity index is 1.68. The van der Waals surface area contributed by atoms with E-state index < -0.39 is 0 Å². The summed E-state index contributed by atoms with van der Waals surface area (Å²) in [6.45, 7) is 1.96. The number of halogens is 2. The number of aromatic amines is 1. The van der Waals surface area contributed by atoms with Crippen LogP contribution in [0.2, 0.25) is 10.0 Å². The van der Waals surface area contributed by atoms with E-state index in [1.807, 2.05) is 24.5 Å². The first-order chi connectivity index (χ1) is 12.2. The smallest absolute Gasteiger partial charge is 0.0595 e. The number of anilines is 1. The molecule has 0 atom stereocenters. The highest BCUT2D eigenvalue weighted by Crippen LogP contribution is 2.43. The molecular formula is C20H19Cl2N3. The van der Waals surface area contributed by atoms with E-state index in [4.69, 9.17) is 23.2 Å². The Labute approximate surface area is 157 Å². The quantitative estimate of drug-likeness (QED) is 0.676. The van der Waals surface area contributed by atoms with Gasteiger partial charge in [-0.05, 0) is 42.7 Å². The molecule has 0 saturated carbocycles. The van der Waals surface area contributed by atoms with E-state index in [0.717, 1.165) is 25.9 Å². The van der Waals surface area contributed by atoms with Crippen LogP contribution in [0, 0.1) is 0 Å². The van der Waals surface area contributed by atoms with Gasteiger partial charge in [-0.25, -0.2) is 0 Å². The summed E-state index contributed by atoms with van der Waals surface area (Å²) < 4.78 is 0. The van der Waals surface area contributed by atoms with Gasteiger partial charge >= 0.3 is 0 Å². The van der Waals surface area contributed by atoms with Crippen LogP contribution in [0.15, 0.2) is 60.9 Å². The van der Waals surface area contributed by atoms with Crippen molar-refractivity contribution in [3.63, 3.8) is 0 Å². The molecule has 25 heavy (non-hydrogen) atoms. The van der Waals surface area contributed by atoms with Crippen LogP contribution in [-0.4, -0.2) is 23.3 Å². The summed E-state index contributed by atoms with van der Waals surface area (Å²) in [7, 11) is 0. The third-order valence-electron chi connectivity index (χ3n) is 5.26. The van der Waals surface area contributed by atoms with Gasteiger partial charge in [-0.15, -0.1) is 0 Å². The average Bonchev–Trinajstić information content (AvgIpc) is 3.20. The Morgan fingerprint density at radius 2 is 1.68 bits per heavy atom. The summed E-state index contributed by atoms with van der Waals surface area (Å²) >= 11 is 12.4. The summed E-state index contributed by atoms with van der Waals surface area (Å²) in [5, 5.41) is 8.35. The number of hydrogen-bond donors (Lipinski definition) is 1. The van der Waals surface area contributed by atoms with Gasteiger partial charge in [0, 0.05) is 36.0 Å². The fraction of sp³-hybridized carbons (Fsp3) is 0.250. The highest BCUT2D eigenvalue weighted by Gasteiger charge is 2.39. The maximum Gasteiger partial charge on any atom is 0.0595 e. The molecule has 0 unspecified atom stereocenters. The van der Waals surface area contributed by atoms with E-state index in [2.05, 4.69) is 51.5 Å². The zero-order valence-electron chi connectivity index (χ0n) is 13.8. The second-order valence-corrected chi connectivity index (χ2v) is 7.33. The number of para-hydroxylation sites is 1. The summed E-state index contributed by atoms with van der Waals surface area (Å²) in [6.07, 6.45) is 5.93. The molecule has 0 bridgehead atoms. The molecule has 5 heteroatoms. The maximum absolute atomic E-state index is 6.32. The Morgan fingerprint density at radius 1 is 0.920 bits per heavy atom. The molecule has 0 aliphatic carbocycles. The zero-order valence-corrected chi connectivity index (χ0v) is 15.3. The predicted octanol–water partition coefficient (Wildman–Crippen LogP) is 5.30. The first kappa shape index (κ1) is 16.5. The second kappa shape index (κ2) is 6.74. The number of nitrogens with one attached hydrogen (secondary N) is 1. The first-order valence-electron chi connectivity index (χ1n) is 8.44. The Bertz CT molecular complexity index is 839. The van der Waals surface area contributed by atoms with Crippen LogP contribution < -0.4 is 4.90 Å². The average molecular weight is 372 g/mol. The molecule has 2 aromatic carbocycles. The number of aromatic nitrogens is 2. The lowest BCUT2D eigenvalue weighted by molar-refractivity contribution is 0.392. The highest BCUT2D eigenvalue weighted by molar-refractivity contribution is 6.42. The molecule has 1 aliphatic rings. The summed E-state index contributed by atoms with van der Waals surface area (Å²) in [4.78, 5) is 2.44. The SMILES string of the molecule is Clc1ccc(C2(c3cn[nH]c3)CCN(c3ccccc3)CC2)cc1Cl. The predicted molar refractivity (Wildman–Crippen MR) is 104 cm³/mol.